The molecule has 0 aliphatic carbocycles. The van der Waals surface area contributed by atoms with Crippen LogP contribution in [0.3, 0.4) is 0 Å². The summed E-state index contributed by atoms with van der Waals surface area (Å²) in [5.41, 5.74) is 1.94. The highest BCUT2D eigenvalue weighted by Gasteiger charge is 2.14. The van der Waals surface area contributed by atoms with E-state index in [1.807, 2.05) is 36.4 Å². The molecule has 1 aromatic heterocycles. The third-order valence-electron chi connectivity index (χ3n) is 4.36. The molecule has 0 fully saturated rings. The maximum absolute atomic E-state index is 12.7. The predicted molar refractivity (Wildman–Crippen MR) is 125 cm³/mol. The Morgan fingerprint density at radius 2 is 1.71 bits per heavy atom. The number of halogens is 1. The van der Waals surface area contributed by atoms with Crippen molar-refractivity contribution in [3.8, 4) is 5.75 Å². The highest BCUT2D eigenvalue weighted by molar-refractivity contribution is 9.10. The zero-order valence-corrected chi connectivity index (χ0v) is 18.7. The van der Waals surface area contributed by atoms with Gasteiger partial charge in [-0.15, -0.1) is 11.3 Å². The van der Waals surface area contributed by atoms with Gasteiger partial charge in [0.1, 0.15) is 10.8 Å². The number of fused-ring (bicyclic) bond motifs is 1. The van der Waals surface area contributed by atoms with Crippen LogP contribution in [0.15, 0.2) is 77.3 Å². The maximum atomic E-state index is 12.7. The van der Waals surface area contributed by atoms with E-state index in [0.717, 1.165) is 19.7 Å². The molecule has 0 spiro atoms. The Balaban J connectivity index is 1.36. The summed E-state index contributed by atoms with van der Waals surface area (Å²) in [6.45, 7) is 0.106. The molecular weight excluding hydrogens is 478 g/mol. The molecule has 1 heterocycles. The fourth-order valence-electron chi connectivity index (χ4n) is 2.90. The van der Waals surface area contributed by atoms with Crippen LogP contribution in [0.25, 0.3) is 10.2 Å². The molecule has 0 unspecified atom stereocenters. The van der Waals surface area contributed by atoms with Gasteiger partial charge in [0.2, 0.25) is 0 Å². The lowest BCUT2D eigenvalue weighted by atomic mass is 10.2. The number of nitrogens with zero attached hydrogens (tertiary/aromatic N) is 1. The number of aromatic nitrogens is 1. The highest BCUT2D eigenvalue weighted by atomic mass is 79.9. The summed E-state index contributed by atoms with van der Waals surface area (Å²) in [6, 6.07) is 21.9. The number of hydrogen-bond donors (Lipinski definition) is 2. The summed E-state index contributed by atoms with van der Waals surface area (Å²) < 4.78 is 7.62. The smallest absolute Gasteiger partial charge is 0.262 e. The number of rotatable bonds is 7. The lowest BCUT2D eigenvalue weighted by molar-refractivity contribution is -0.118. The molecule has 0 saturated heterocycles. The van der Waals surface area contributed by atoms with Gasteiger partial charge in [0, 0.05) is 10.2 Å². The molecule has 0 bridgehead atoms. The number of carbonyl (C=O) groups is 2. The van der Waals surface area contributed by atoms with Gasteiger partial charge < -0.3 is 15.4 Å². The van der Waals surface area contributed by atoms with Gasteiger partial charge in [0.15, 0.2) is 6.61 Å². The van der Waals surface area contributed by atoms with Crippen LogP contribution in [-0.4, -0.2) is 23.4 Å². The van der Waals surface area contributed by atoms with E-state index in [4.69, 9.17) is 4.74 Å². The quantitative estimate of drug-likeness (QED) is 0.377. The second-order valence-electron chi connectivity index (χ2n) is 6.60. The standard InChI is InChI=1S/C23H18BrN3O3S/c24-15-9-11-16(12-10-15)26-21(28)14-30-19-7-3-1-5-17(19)23(29)25-13-22-27-18-6-2-4-8-20(18)31-22/h1-12H,13-14H2,(H,25,29)(H,26,28). The second kappa shape index (κ2) is 9.72. The Bertz CT molecular complexity index is 1190. The third kappa shape index (κ3) is 5.48. The molecule has 0 saturated carbocycles. The minimum atomic E-state index is -0.313. The summed E-state index contributed by atoms with van der Waals surface area (Å²) in [7, 11) is 0. The molecule has 0 radical (unpaired) electrons. The Kier molecular flexibility index (Phi) is 6.59. The van der Waals surface area contributed by atoms with Crippen molar-refractivity contribution in [3.63, 3.8) is 0 Å². The summed E-state index contributed by atoms with van der Waals surface area (Å²) >= 11 is 4.89. The van der Waals surface area contributed by atoms with Crippen LogP contribution in [0.5, 0.6) is 5.75 Å². The number of nitrogens with one attached hydrogen (secondary N) is 2. The molecule has 6 nitrogen and oxygen atoms in total. The molecule has 0 aliphatic rings. The maximum Gasteiger partial charge on any atom is 0.262 e. The molecule has 4 rings (SSSR count). The lowest BCUT2D eigenvalue weighted by Gasteiger charge is -2.11. The van der Waals surface area contributed by atoms with E-state index in [9.17, 15) is 9.59 Å². The van der Waals surface area contributed by atoms with E-state index in [2.05, 4.69) is 31.5 Å². The zero-order chi connectivity index (χ0) is 21.6. The Hall–Kier alpha value is -3.23. The van der Waals surface area contributed by atoms with Crippen LogP contribution in [0.2, 0.25) is 0 Å². The normalized spacial score (nSPS) is 10.6. The van der Waals surface area contributed by atoms with Gasteiger partial charge in [-0.25, -0.2) is 4.98 Å². The van der Waals surface area contributed by atoms with Crippen molar-refractivity contribution in [2.24, 2.45) is 0 Å². The van der Waals surface area contributed by atoms with E-state index in [1.54, 1.807) is 47.7 Å². The fraction of sp³-hybridized carbons (Fsp3) is 0.0870. The van der Waals surface area contributed by atoms with Gasteiger partial charge in [-0.05, 0) is 48.5 Å². The van der Waals surface area contributed by atoms with Crippen molar-refractivity contribution in [1.82, 2.24) is 10.3 Å². The first-order valence-electron chi connectivity index (χ1n) is 9.48. The number of benzene rings is 3. The minimum absolute atomic E-state index is 0.210. The van der Waals surface area contributed by atoms with Gasteiger partial charge >= 0.3 is 0 Å². The van der Waals surface area contributed by atoms with E-state index in [-0.39, 0.29) is 18.4 Å². The molecular formula is C23H18BrN3O3S. The van der Waals surface area contributed by atoms with Crippen molar-refractivity contribution in [2.75, 3.05) is 11.9 Å². The predicted octanol–water partition coefficient (Wildman–Crippen LogP) is 5.01. The van der Waals surface area contributed by atoms with Crippen molar-refractivity contribution < 1.29 is 14.3 Å². The van der Waals surface area contributed by atoms with Gasteiger partial charge in [-0.1, -0.05) is 40.2 Å². The van der Waals surface area contributed by atoms with Crippen LogP contribution in [0.4, 0.5) is 5.69 Å². The van der Waals surface area contributed by atoms with Gasteiger partial charge in [0.25, 0.3) is 11.8 Å². The zero-order valence-electron chi connectivity index (χ0n) is 16.3. The number of para-hydroxylation sites is 2. The lowest BCUT2D eigenvalue weighted by Crippen LogP contribution is -2.25. The third-order valence-corrected chi connectivity index (χ3v) is 5.92. The first-order chi connectivity index (χ1) is 15.1. The SMILES string of the molecule is O=C(COc1ccccc1C(=O)NCc1nc2ccccc2s1)Nc1ccc(Br)cc1. The van der Waals surface area contributed by atoms with Crippen LogP contribution in [0.1, 0.15) is 15.4 Å². The monoisotopic (exact) mass is 495 g/mol. The minimum Gasteiger partial charge on any atom is -0.483 e. The highest BCUT2D eigenvalue weighted by Crippen LogP contribution is 2.22. The average Bonchev–Trinajstić information content (AvgIpc) is 3.21. The number of ether oxygens (including phenoxy) is 1. The first kappa shape index (κ1) is 21.0. The van der Waals surface area contributed by atoms with Crippen LogP contribution in [0, 0.1) is 0 Å². The molecule has 31 heavy (non-hydrogen) atoms. The van der Waals surface area contributed by atoms with E-state index in [1.165, 1.54) is 0 Å². The number of anilines is 1. The first-order valence-corrected chi connectivity index (χ1v) is 11.1. The van der Waals surface area contributed by atoms with Gasteiger partial charge in [0.05, 0.1) is 22.3 Å². The number of carbonyl (C=O) groups excluding carboxylic acids is 2. The van der Waals surface area contributed by atoms with Crippen molar-refractivity contribution in [1.29, 1.82) is 0 Å². The molecule has 0 aliphatic heterocycles. The molecule has 3 aromatic carbocycles. The Morgan fingerprint density at radius 3 is 2.52 bits per heavy atom. The Labute approximate surface area is 191 Å². The summed E-state index contributed by atoms with van der Waals surface area (Å²) in [6.07, 6.45) is 0. The Morgan fingerprint density at radius 1 is 0.968 bits per heavy atom. The topological polar surface area (TPSA) is 80.3 Å². The average molecular weight is 496 g/mol. The molecule has 2 amide bonds. The van der Waals surface area contributed by atoms with E-state index in [0.29, 0.717) is 23.5 Å². The summed E-state index contributed by atoms with van der Waals surface area (Å²) in [4.78, 5) is 29.4. The van der Waals surface area contributed by atoms with Crippen LogP contribution >= 0.6 is 27.3 Å². The second-order valence-corrected chi connectivity index (χ2v) is 8.63. The number of amides is 2. The summed E-state index contributed by atoms with van der Waals surface area (Å²) in [5, 5.41) is 6.45. The fourth-order valence-corrected chi connectivity index (χ4v) is 4.07. The van der Waals surface area contributed by atoms with E-state index >= 15 is 0 Å². The van der Waals surface area contributed by atoms with Crippen LogP contribution in [-0.2, 0) is 11.3 Å². The molecule has 156 valence electrons. The summed E-state index contributed by atoms with van der Waals surface area (Å²) in [5.74, 6) is -0.259. The number of hydrogen-bond acceptors (Lipinski definition) is 5. The largest absolute Gasteiger partial charge is 0.483 e. The van der Waals surface area contributed by atoms with E-state index < -0.39 is 0 Å². The van der Waals surface area contributed by atoms with Gasteiger partial charge in [-0.3, -0.25) is 9.59 Å². The van der Waals surface area contributed by atoms with Crippen molar-refractivity contribution >= 4 is 55.0 Å². The molecule has 8 heteroatoms. The molecule has 4 aromatic rings. The van der Waals surface area contributed by atoms with Crippen LogP contribution < -0.4 is 15.4 Å². The number of thiazole rings is 1. The molecule has 0 atom stereocenters. The molecule has 2 N–H and O–H groups in total. The van der Waals surface area contributed by atoms with Gasteiger partial charge in [-0.2, -0.15) is 0 Å². The van der Waals surface area contributed by atoms with Crippen molar-refractivity contribution in [2.45, 2.75) is 6.54 Å². The van der Waals surface area contributed by atoms with Crippen molar-refractivity contribution in [3.05, 3.63) is 87.8 Å².